The second-order valence-electron chi connectivity index (χ2n) is 6.95. The Morgan fingerprint density at radius 1 is 1.24 bits per heavy atom. The molecule has 0 spiro atoms. The van der Waals surface area contributed by atoms with Crippen molar-refractivity contribution in [3.05, 3.63) is 24.3 Å². The van der Waals surface area contributed by atoms with Crippen LogP contribution in [0, 0.1) is 5.92 Å². The highest BCUT2D eigenvalue weighted by atomic mass is 16.5. The van der Waals surface area contributed by atoms with Crippen LogP contribution in [0.15, 0.2) is 24.3 Å². The minimum Gasteiger partial charge on any atom is -0.494 e. The molecule has 2 fully saturated rings. The van der Waals surface area contributed by atoms with E-state index in [-0.39, 0.29) is 18.0 Å². The molecule has 1 aromatic carbocycles. The smallest absolute Gasteiger partial charge is 0.317 e. The van der Waals surface area contributed by atoms with Crippen molar-refractivity contribution in [1.82, 2.24) is 10.2 Å². The first kappa shape index (κ1) is 17.6. The van der Waals surface area contributed by atoms with Crippen LogP contribution in [-0.4, -0.2) is 49.1 Å². The summed E-state index contributed by atoms with van der Waals surface area (Å²) in [5.41, 5.74) is 0.844. The summed E-state index contributed by atoms with van der Waals surface area (Å²) in [5, 5.41) is 3.03. The molecular weight excluding hydrogens is 318 g/mol. The van der Waals surface area contributed by atoms with Gasteiger partial charge in [-0.15, -0.1) is 0 Å². The molecule has 0 saturated carbocycles. The van der Waals surface area contributed by atoms with Gasteiger partial charge in [0, 0.05) is 31.7 Å². The fraction of sp³-hybridized carbons (Fsp3) is 0.579. The molecule has 2 saturated heterocycles. The van der Waals surface area contributed by atoms with E-state index < -0.39 is 0 Å². The van der Waals surface area contributed by atoms with Gasteiger partial charge >= 0.3 is 6.03 Å². The van der Waals surface area contributed by atoms with Crippen LogP contribution in [0.25, 0.3) is 0 Å². The number of piperidine rings is 1. The third-order valence-corrected chi connectivity index (χ3v) is 4.98. The summed E-state index contributed by atoms with van der Waals surface area (Å²) in [6, 6.07) is 7.34. The second kappa shape index (κ2) is 7.76. The number of anilines is 1. The lowest BCUT2D eigenvalue weighted by Gasteiger charge is -2.31. The van der Waals surface area contributed by atoms with Gasteiger partial charge < -0.3 is 19.9 Å². The lowest BCUT2D eigenvalue weighted by molar-refractivity contribution is -0.117. The average Bonchev–Trinajstić information content (AvgIpc) is 2.96. The number of carbonyl (C=O) groups is 2. The van der Waals surface area contributed by atoms with Gasteiger partial charge in [0.25, 0.3) is 0 Å². The van der Waals surface area contributed by atoms with Crippen LogP contribution >= 0.6 is 0 Å². The first-order valence-corrected chi connectivity index (χ1v) is 9.15. The Bertz CT molecular complexity index is 609. The van der Waals surface area contributed by atoms with Crippen molar-refractivity contribution in [2.75, 3.05) is 31.1 Å². The van der Waals surface area contributed by atoms with Crippen LogP contribution < -0.4 is 15.0 Å². The zero-order valence-electron chi connectivity index (χ0n) is 15.0. The number of benzene rings is 1. The predicted octanol–water partition coefficient (Wildman–Crippen LogP) is 2.63. The molecule has 2 aliphatic heterocycles. The standard InChI is InChI=1S/C19H27N3O3/c1-3-25-17-6-4-16(5-7-17)22-13-15(12-18(22)23)20-19(24)21-10-8-14(2)9-11-21/h4-7,14-15H,3,8-13H2,1-2H3,(H,20,24). The molecule has 6 nitrogen and oxygen atoms in total. The van der Waals surface area contributed by atoms with Crippen LogP contribution in [0.3, 0.4) is 0 Å². The average molecular weight is 345 g/mol. The third-order valence-electron chi connectivity index (χ3n) is 4.98. The Morgan fingerprint density at radius 2 is 1.92 bits per heavy atom. The van der Waals surface area contributed by atoms with Crippen LogP contribution in [0.1, 0.15) is 33.1 Å². The molecule has 0 radical (unpaired) electrons. The van der Waals surface area contributed by atoms with Gasteiger partial charge in [0.2, 0.25) is 5.91 Å². The van der Waals surface area contributed by atoms with Crippen LogP contribution in [-0.2, 0) is 4.79 Å². The molecule has 0 aromatic heterocycles. The van der Waals surface area contributed by atoms with E-state index in [1.165, 1.54) is 0 Å². The maximum Gasteiger partial charge on any atom is 0.317 e. The highest BCUT2D eigenvalue weighted by Crippen LogP contribution is 2.24. The van der Waals surface area contributed by atoms with Crippen molar-refractivity contribution in [3.63, 3.8) is 0 Å². The molecule has 2 heterocycles. The number of hydrogen-bond acceptors (Lipinski definition) is 3. The zero-order chi connectivity index (χ0) is 17.8. The Balaban J connectivity index is 1.55. The van der Waals surface area contributed by atoms with Gasteiger partial charge in [-0.3, -0.25) is 4.79 Å². The van der Waals surface area contributed by atoms with Gasteiger partial charge in [-0.25, -0.2) is 4.79 Å². The molecule has 136 valence electrons. The Morgan fingerprint density at radius 3 is 2.56 bits per heavy atom. The lowest BCUT2D eigenvalue weighted by atomic mass is 10.00. The number of hydrogen-bond donors (Lipinski definition) is 1. The Labute approximate surface area is 149 Å². The van der Waals surface area contributed by atoms with E-state index in [0.29, 0.717) is 25.5 Å². The van der Waals surface area contributed by atoms with E-state index in [0.717, 1.165) is 37.4 Å². The number of likely N-dealkylation sites (tertiary alicyclic amines) is 1. The van der Waals surface area contributed by atoms with Gasteiger partial charge in [-0.05, 0) is 49.9 Å². The number of amides is 3. The van der Waals surface area contributed by atoms with Crippen molar-refractivity contribution in [2.45, 2.75) is 39.2 Å². The van der Waals surface area contributed by atoms with E-state index in [1.807, 2.05) is 36.1 Å². The number of nitrogens with one attached hydrogen (secondary N) is 1. The maximum absolute atomic E-state index is 12.4. The molecule has 0 aliphatic carbocycles. The van der Waals surface area contributed by atoms with Gasteiger partial charge in [0.05, 0.1) is 12.6 Å². The van der Waals surface area contributed by atoms with Gasteiger partial charge in [0.15, 0.2) is 0 Å². The highest BCUT2D eigenvalue weighted by Gasteiger charge is 2.33. The summed E-state index contributed by atoms with van der Waals surface area (Å²) >= 11 is 0. The van der Waals surface area contributed by atoms with Crippen molar-refractivity contribution in [3.8, 4) is 5.75 Å². The number of carbonyl (C=O) groups excluding carboxylic acids is 2. The van der Waals surface area contributed by atoms with Crippen molar-refractivity contribution < 1.29 is 14.3 Å². The minimum atomic E-state index is -0.133. The molecule has 1 aromatic rings. The zero-order valence-corrected chi connectivity index (χ0v) is 15.0. The van der Waals surface area contributed by atoms with Crippen LogP contribution in [0.4, 0.5) is 10.5 Å². The Hall–Kier alpha value is -2.24. The normalized spacial score (nSPS) is 21.5. The molecule has 3 rings (SSSR count). The summed E-state index contributed by atoms with van der Waals surface area (Å²) in [6.45, 7) is 6.90. The SMILES string of the molecule is CCOc1ccc(N2CC(NC(=O)N3CCC(C)CC3)CC2=O)cc1. The molecule has 25 heavy (non-hydrogen) atoms. The molecule has 1 unspecified atom stereocenters. The summed E-state index contributed by atoms with van der Waals surface area (Å²) in [7, 11) is 0. The number of nitrogens with zero attached hydrogens (tertiary/aromatic N) is 2. The monoisotopic (exact) mass is 345 g/mol. The molecule has 1 N–H and O–H groups in total. The molecule has 2 aliphatic rings. The summed E-state index contributed by atoms with van der Waals surface area (Å²) in [6.07, 6.45) is 2.45. The lowest BCUT2D eigenvalue weighted by Crippen LogP contribution is -2.48. The largest absolute Gasteiger partial charge is 0.494 e. The van der Waals surface area contributed by atoms with E-state index >= 15 is 0 Å². The predicted molar refractivity (Wildman–Crippen MR) is 96.9 cm³/mol. The number of rotatable bonds is 4. The summed E-state index contributed by atoms with van der Waals surface area (Å²) < 4.78 is 5.43. The van der Waals surface area contributed by atoms with Gasteiger partial charge in [0.1, 0.15) is 5.75 Å². The summed E-state index contributed by atoms with van der Waals surface area (Å²) in [4.78, 5) is 28.3. The minimum absolute atomic E-state index is 0.0433. The first-order valence-electron chi connectivity index (χ1n) is 9.15. The van der Waals surface area contributed by atoms with Crippen molar-refractivity contribution in [2.24, 2.45) is 5.92 Å². The second-order valence-corrected chi connectivity index (χ2v) is 6.95. The Kier molecular flexibility index (Phi) is 5.46. The quantitative estimate of drug-likeness (QED) is 0.912. The third kappa shape index (κ3) is 4.24. The van der Waals surface area contributed by atoms with Crippen molar-refractivity contribution >= 4 is 17.6 Å². The maximum atomic E-state index is 12.4. The van der Waals surface area contributed by atoms with Crippen LogP contribution in [0.2, 0.25) is 0 Å². The van der Waals surface area contributed by atoms with Gasteiger partial charge in [-0.1, -0.05) is 6.92 Å². The van der Waals surface area contributed by atoms with E-state index in [4.69, 9.17) is 4.74 Å². The molecular formula is C19H27N3O3. The fourth-order valence-electron chi connectivity index (χ4n) is 3.42. The first-order chi connectivity index (χ1) is 12.1. The van der Waals surface area contributed by atoms with Crippen molar-refractivity contribution in [1.29, 1.82) is 0 Å². The highest BCUT2D eigenvalue weighted by molar-refractivity contribution is 5.96. The topological polar surface area (TPSA) is 61.9 Å². The van der Waals surface area contributed by atoms with E-state index in [1.54, 1.807) is 4.90 Å². The molecule has 6 heteroatoms. The van der Waals surface area contributed by atoms with Crippen LogP contribution in [0.5, 0.6) is 5.75 Å². The molecule has 0 bridgehead atoms. The molecule has 1 atom stereocenters. The van der Waals surface area contributed by atoms with E-state index in [9.17, 15) is 9.59 Å². The molecule has 3 amide bonds. The number of ether oxygens (including phenoxy) is 1. The van der Waals surface area contributed by atoms with E-state index in [2.05, 4.69) is 12.2 Å². The van der Waals surface area contributed by atoms with Gasteiger partial charge in [-0.2, -0.15) is 0 Å². The fourth-order valence-corrected chi connectivity index (χ4v) is 3.42. The summed E-state index contributed by atoms with van der Waals surface area (Å²) in [5.74, 6) is 1.52. The number of urea groups is 1.